The monoisotopic (exact) mass is 216 g/mol. The number of aryl methyl sites for hydroxylation is 1. The van der Waals surface area contributed by atoms with Gasteiger partial charge < -0.3 is 9.84 Å². The van der Waals surface area contributed by atoms with E-state index in [1.54, 1.807) is 13.0 Å². The summed E-state index contributed by atoms with van der Waals surface area (Å²) in [6.07, 6.45) is -0.590. The average molecular weight is 216 g/mol. The summed E-state index contributed by atoms with van der Waals surface area (Å²) < 4.78 is 32.0. The molecule has 15 heavy (non-hydrogen) atoms. The summed E-state index contributed by atoms with van der Waals surface area (Å²) in [5.41, 5.74) is 0.572. The lowest BCUT2D eigenvalue weighted by atomic mass is 10.0. The third-order valence-corrected chi connectivity index (χ3v) is 2.17. The van der Waals surface area contributed by atoms with Crippen molar-refractivity contribution in [2.75, 3.05) is 13.7 Å². The van der Waals surface area contributed by atoms with Gasteiger partial charge in [0.2, 0.25) is 0 Å². The van der Waals surface area contributed by atoms with Gasteiger partial charge in [-0.25, -0.2) is 8.78 Å². The van der Waals surface area contributed by atoms with Gasteiger partial charge in [-0.1, -0.05) is 11.6 Å². The van der Waals surface area contributed by atoms with E-state index in [2.05, 4.69) is 0 Å². The lowest BCUT2D eigenvalue weighted by molar-refractivity contribution is -0.0288. The van der Waals surface area contributed by atoms with E-state index in [4.69, 9.17) is 9.84 Å². The molecule has 0 unspecified atom stereocenters. The first kappa shape index (κ1) is 11.9. The summed E-state index contributed by atoms with van der Waals surface area (Å²) in [6, 6.07) is 4.60. The quantitative estimate of drug-likeness (QED) is 0.837. The van der Waals surface area contributed by atoms with Crippen LogP contribution in [0.2, 0.25) is 0 Å². The molecule has 4 heteroatoms. The molecule has 1 aromatic carbocycles. The summed E-state index contributed by atoms with van der Waals surface area (Å²) in [6.45, 7) is 1.18. The molecular weight excluding hydrogens is 202 g/mol. The largest absolute Gasteiger partial charge is 0.496 e. The molecule has 0 heterocycles. The molecule has 1 aromatic rings. The first-order valence-electron chi connectivity index (χ1n) is 4.65. The van der Waals surface area contributed by atoms with Crippen molar-refractivity contribution < 1.29 is 18.6 Å². The normalized spacial score (nSPS) is 11.5. The fraction of sp³-hybridized carbons (Fsp3) is 0.455. The van der Waals surface area contributed by atoms with Crippen molar-refractivity contribution in [3.8, 4) is 5.75 Å². The van der Waals surface area contributed by atoms with Crippen molar-refractivity contribution >= 4 is 0 Å². The maximum absolute atomic E-state index is 13.5. The molecule has 0 amide bonds. The Bertz CT molecular complexity index is 337. The summed E-state index contributed by atoms with van der Waals surface area (Å²) in [5, 5.41) is 8.58. The molecule has 0 saturated heterocycles. The van der Waals surface area contributed by atoms with Crippen molar-refractivity contribution in [1.82, 2.24) is 0 Å². The molecule has 1 rings (SSSR count). The van der Waals surface area contributed by atoms with Gasteiger partial charge in [0.15, 0.2) is 0 Å². The Morgan fingerprint density at radius 1 is 1.40 bits per heavy atom. The fourth-order valence-corrected chi connectivity index (χ4v) is 1.38. The predicted molar refractivity (Wildman–Crippen MR) is 53.3 cm³/mol. The zero-order chi connectivity index (χ0) is 11.5. The van der Waals surface area contributed by atoms with Gasteiger partial charge in [0.25, 0.3) is 5.92 Å². The van der Waals surface area contributed by atoms with Gasteiger partial charge in [-0.05, 0) is 19.1 Å². The van der Waals surface area contributed by atoms with E-state index in [9.17, 15) is 8.78 Å². The van der Waals surface area contributed by atoms with Crippen molar-refractivity contribution in [3.05, 3.63) is 29.3 Å². The van der Waals surface area contributed by atoms with E-state index in [-0.39, 0.29) is 11.3 Å². The smallest absolute Gasteiger partial charge is 0.279 e. The molecule has 1 N–H and O–H groups in total. The number of ether oxygens (including phenoxy) is 1. The molecule has 0 saturated carbocycles. The lowest BCUT2D eigenvalue weighted by Gasteiger charge is -2.18. The number of benzene rings is 1. The second kappa shape index (κ2) is 4.57. The van der Waals surface area contributed by atoms with Gasteiger partial charge in [0, 0.05) is 13.0 Å². The van der Waals surface area contributed by atoms with Gasteiger partial charge >= 0.3 is 0 Å². The van der Waals surface area contributed by atoms with Crippen molar-refractivity contribution in [2.45, 2.75) is 19.3 Å². The molecule has 0 aliphatic heterocycles. The highest BCUT2D eigenvalue weighted by Crippen LogP contribution is 2.37. The molecule has 0 atom stereocenters. The fourth-order valence-electron chi connectivity index (χ4n) is 1.38. The Kier molecular flexibility index (Phi) is 3.63. The van der Waals surface area contributed by atoms with Gasteiger partial charge in [-0.3, -0.25) is 0 Å². The van der Waals surface area contributed by atoms with Crippen LogP contribution < -0.4 is 4.74 Å². The average Bonchev–Trinajstić information content (AvgIpc) is 2.17. The maximum Gasteiger partial charge on any atom is 0.279 e. The number of halogens is 2. The number of alkyl halides is 2. The predicted octanol–water partition coefficient (Wildman–Crippen LogP) is 2.48. The van der Waals surface area contributed by atoms with Crippen LogP contribution in [0.4, 0.5) is 8.78 Å². The van der Waals surface area contributed by atoms with E-state index >= 15 is 0 Å². The molecular formula is C11H14F2O2. The summed E-state index contributed by atoms with van der Waals surface area (Å²) in [7, 11) is 1.35. The van der Waals surface area contributed by atoms with Gasteiger partial charge in [-0.2, -0.15) is 0 Å². The van der Waals surface area contributed by atoms with Crippen LogP contribution >= 0.6 is 0 Å². The second-order valence-corrected chi connectivity index (χ2v) is 3.38. The van der Waals surface area contributed by atoms with Crippen LogP contribution in [-0.4, -0.2) is 18.8 Å². The molecule has 0 spiro atoms. The number of methoxy groups -OCH3 is 1. The maximum atomic E-state index is 13.5. The molecule has 0 radical (unpaired) electrons. The number of hydrogen-bond acceptors (Lipinski definition) is 2. The number of aliphatic hydroxyl groups is 1. The Hall–Kier alpha value is -1.16. The third kappa shape index (κ3) is 2.65. The Morgan fingerprint density at radius 2 is 2.07 bits per heavy atom. The van der Waals surface area contributed by atoms with Crippen molar-refractivity contribution in [1.29, 1.82) is 0 Å². The van der Waals surface area contributed by atoms with Crippen LogP contribution in [0.25, 0.3) is 0 Å². The van der Waals surface area contributed by atoms with Crippen LogP contribution in [-0.2, 0) is 5.92 Å². The standard InChI is InChI=1S/C11H14F2O2/c1-8-3-4-10(15-2)9(7-8)11(12,13)5-6-14/h3-4,7,14H,5-6H2,1-2H3. The highest BCUT2D eigenvalue weighted by atomic mass is 19.3. The second-order valence-electron chi connectivity index (χ2n) is 3.38. The highest BCUT2D eigenvalue weighted by molar-refractivity contribution is 5.39. The van der Waals surface area contributed by atoms with E-state index in [1.807, 2.05) is 0 Å². The highest BCUT2D eigenvalue weighted by Gasteiger charge is 2.34. The van der Waals surface area contributed by atoms with E-state index in [1.165, 1.54) is 19.2 Å². The first-order chi connectivity index (χ1) is 7.01. The van der Waals surface area contributed by atoms with Crippen molar-refractivity contribution in [3.63, 3.8) is 0 Å². The molecule has 0 aliphatic rings. The van der Waals surface area contributed by atoms with Crippen LogP contribution in [0.1, 0.15) is 17.5 Å². The van der Waals surface area contributed by atoms with Gasteiger partial charge in [-0.15, -0.1) is 0 Å². The van der Waals surface area contributed by atoms with E-state index in [0.29, 0.717) is 0 Å². The SMILES string of the molecule is COc1ccc(C)cc1C(F)(F)CCO. The molecule has 2 nitrogen and oxygen atoms in total. The number of aliphatic hydroxyl groups excluding tert-OH is 1. The Labute approximate surface area is 87.5 Å². The minimum atomic E-state index is -3.05. The van der Waals surface area contributed by atoms with E-state index in [0.717, 1.165) is 5.56 Å². The third-order valence-electron chi connectivity index (χ3n) is 2.17. The zero-order valence-corrected chi connectivity index (χ0v) is 8.76. The van der Waals surface area contributed by atoms with E-state index < -0.39 is 19.0 Å². The summed E-state index contributed by atoms with van der Waals surface area (Å²) in [5.74, 6) is -2.90. The minimum absolute atomic E-state index is 0.152. The minimum Gasteiger partial charge on any atom is -0.496 e. The summed E-state index contributed by atoms with van der Waals surface area (Å²) in [4.78, 5) is 0. The molecule has 84 valence electrons. The lowest BCUT2D eigenvalue weighted by Crippen LogP contribution is -2.16. The van der Waals surface area contributed by atoms with Gasteiger partial charge in [0.05, 0.1) is 12.7 Å². The number of hydrogen-bond donors (Lipinski definition) is 1. The summed E-state index contributed by atoms with van der Waals surface area (Å²) >= 11 is 0. The molecule has 0 fully saturated rings. The first-order valence-corrected chi connectivity index (χ1v) is 4.65. The van der Waals surface area contributed by atoms with Crippen molar-refractivity contribution in [2.24, 2.45) is 0 Å². The van der Waals surface area contributed by atoms with Crippen LogP contribution in [0.5, 0.6) is 5.75 Å². The van der Waals surface area contributed by atoms with Crippen LogP contribution in [0, 0.1) is 6.92 Å². The Balaban J connectivity index is 3.15. The molecule has 0 aromatic heterocycles. The Morgan fingerprint density at radius 3 is 2.60 bits per heavy atom. The van der Waals surface area contributed by atoms with Crippen LogP contribution in [0.3, 0.4) is 0 Å². The van der Waals surface area contributed by atoms with Crippen LogP contribution in [0.15, 0.2) is 18.2 Å². The number of rotatable bonds is 4. The topological polar surface area (TPSA) is 29.5 Å². The molecule has 0 bridgehead atoms. The van der Waals surface area contributed by atoms with Gasteiger partial charge in [0.1, 0.15) is 5.75 Å². The molecule has 0 aliphatic carbocycles. The zero-order valence-electron chi connectivity index (χ0n) is 8.76.